The molecule has 0 radical (unpaired) electrons. The zero-order chi connectivity index (χ0) is 19.4. The molecule has 0 aromatic heterocycles. The lowest BCUT2D eigenvalue weighted by atomic mass is 10.1. The lowest BCUT2D eigenvalue weighted by Gasteiger charge is -2.36. The first-order valence-electron chi connectivity index (χ1n) is 8.67. The molecular weight excluding hydrogens is 368 g/mol. The average Bonchev–Trinajstić information content (AvgIpc) is 2.72. The molecule has 2 aromatic rings. The van der Waals surface area contributed by atoms with Crippen LogP contribution in [0.3, 0.4) is 0 Å². The number of benzene rings is 2. The molecule has 144 valence electrons. The number of carbonyl (C=O) groups is 1. The Labute approximate surface area is 164 Å². The molecule has 0 N–H and O–H groups in total. The Morgan fingerprint density at radius 1 is 0.963 bits per heavy atom. The molecule has 0 unspecified atom stereocenters. The summed E-state index contributed by atoms with van der Waals surface area (Å²) in [6, 6.07) is 11.2. The summed E-state index contributed by atoms with van der Waals surface area (Å²) >= 11 is 6.23. The third-order valence-electron chi connectivity index (χ3n) is 4.67. The number of carbonyl (C=O) groups excluding carboxylic acids is 1. The summed E-state index contributed by atoms with van der Waals surface area (Å²) in [6.07, 6.45) is 0. The van der Waals surface area contributed by atoms with Gasteiger partial charge in [0.05, 0.1) is 26.4 Å². The molecule has 1 aliphatic rings. The number of anilines is 1. The van der Waals surface area contributed by atoms with Crippen molar-refractivity contribution in [3.05, 3.63) is 47.0 Å². The van der Waals surface area contributed by atoms with E-state index < -0.39 is 0 Å². The number of piperazine rings is 1. The molecule has 1 fully saturated rings. The van der Waals surface area contributed by atoms with Crippen LogP contribution in [-0.2, 0) is 0 Å². The van der Waals surface area contributed by atoms with Crippen molar-refractivity contribution in [3.8, 4) is 17.2 Å². The Morgan fingerprint density at radius 3 is 2.33 bits per heavy atom. The van der Waals surface area contributed by atoms with Crippen LogP contribution in [0.5, 0.6) is 17.2 Å². The van der Waals surface area contributed by atoms with E-state index in [-0.39, 0.29) is 5.91 Å². The third kappa shape index (κ3) is 4.06. The van der Waals surface area contributed by atoms with Crippen molar-refractivity contribution in [2.24, 2.45) is 0 Å². The van der Waals surface area contributed by atoms with Gasteiger partial charge in [0.2, 0.25) is 0 Å². The number of amides is 1. The van der Waals surface area contributed by atoms with Gasteiger partial charge in [0.25, 0.3) is 5.91 Å². The molecule has 1 amide bonds. The van der Waals surface area contributed by atoms with Gasteiger partial charge in [-0.2, -0.15) is 0 Å². The SMILES string of the molecule is COc1cccc(N2CCN(C(=O)c3cc(Cl)c(OC)c(OC)c3)CC2)c1. The van der Waals surface area contributed by atoms with Crippen LogP contribution in [0.15, 0.2) is 36.4 Å². The molecule has 0 atom stereocenters. The summed E-state index contributed by atoms with van der Waals surface area (Å²) in [6.45, 7) is 2.75. The minimum absolute atomic E-state index is 0.0665. The Morgan fingerprint density at radius 2 is 1.70 bits per heavy atom. The van der Waals surface area contributed by atoms with Crippen LogP contribution in [0.25, 0.3) is 0 Å². The van der Waals surface area contributed by atoms with Crippen molar-refractivity contribution in [3.63, 3.8) is 0 Å². The predicted molar refractivity (Wildman–Crippen MR) is 106 cm³/mol. The zero-order valence-electron chi connectivity index (χ0n) is 15.7. The van der Waals surface area contributed by atoms with E-state index in [0.717, 1.165) is 24.5 Å². The number of ether oxygens (including phenoxy) is 3. The van der Waals surface area contributed by atoms with Crippen LogP contribution >= 0.6 is 11.6 Å². The number of nitrogens with zero attached hydrogens (tertiary/aromatic N) is 2. The predicted octanol–water partition coefficient (Wildman–Crippen LogP) is 3.33. The summed E-state index contributed by atoms with van der Waals surface area (Å²) in [7, 11) is 4.70. The van der Waals surface area contributed by atoms with E-state index in [1.165, 1.54) is 14.2 Å². The van der Waals surface area contributed by atoms with Crippen molar-refractivity contribution in [1.82, 2.24) is 4.90 Å². The molecule has 1 aliphatic heterocycles. The summed E-state index contributed by atoms with van der Waals surface area (Å²) in [5.41, 5.74) is 1.59. The Bertz CT molecular complexity index is 820. The molecule has 0 bridgehead atoms. The number of hydrogen-bond donors (Lipinski definition) is 0. The van der Waals surface area contributed by atoms with Crippen LogP contribution in [-0.4, -0.2) is 58.3 Å². The van der Waals surface area contributed by atoms with Crippen molar-refractivity contribution >= 4 is 23.2 Å². The van der Waals surface area contributed by atoms with E-state index in [1.54, 1.807) is 19.2 Å². The number of rotatable bonds is 5. The lowest BCUT2D eigenvalue weighted by molar-refractivity contribution is 0.0746. The van der Waals surface area contributed by atoms with E-state index >= 15 is 0 Å². The fraction of sp³-hybridized carbons (Fsp3) is 0.350. The maximum Gasteiger partial charge on any atom is 0.254 e. The summed E-state index contributed by atoms with van der Waals surface area (Å²) in [5, 5.41) is 0.357. The van der Waals surface area contributed by atoms with Gasteiger partial charge in [-0.15, -0.1) is 0 Å². The number of halogens is 1. The number of hydrogen-bond acceptors (Lipinski definition) is 5. The first-order valence-corrected chi connectivity index (χ1v) is 9.05. The van der Waals surface area contributed by atoms with Crippen molar-refractivity contribution < 1.29 is 19.0 Å². The normalized spacial score (nSPS) is 14.1. The summed E-state index contributed by atoms with van der Waals surface area (Å²) in [4.78, 5) is 17.0. The maximum absolute atomic E-state index is 12.9. The molecule has 0 aliphatic carbocycles. The first-order chi connectivity index (χ1) is 13.1. The van der Waals surface area contributed by atoms with Gasteiger partial charge in [-0.3, -0.25) is 4.79 Å². The fourth-order valence-electron chi connectivity index (χ4n) is 3.20. The van der Waals surface area contributed by atoms with Crippen molar-refractivity contribution in [2.75, 3.05) is 52.4 Å². The van der Waals surface area contributed by atoms with Crippen LogP contribution in [0.1, 0.15) is 10.4 Å². The molecule has 0 spiro atoms. The highest BCUT2D eigenvalue weighted by atomic mass is 35.5. The standard InChI is InChI=1S/C20H23ClN2O4/c1-25-16-6-4-5-15(13-16)22-7-9-23(10-8-22)20(24)14-11-17(21)19(27-3)18(12-14)26-2/h4-6,11-13H,7-10H2,1-3H3. The third-order valence-corrected chi connectivity index (χ3v) is 4.95. The zero-order valence-corrected chi connectivity index (χ0v) is 16.5. The molecule has 1 saturated heterocycles. The highest BCUT2D eigenvalue weighted by Gasteiger charge is 2.24. The second-order valence-corrected chi connectivity index (χ2v) is 6.58. The molecule has 1 heterocycles. The van der Waals surface area contributed by atoms with Crippen LogP contribution in [0.4, 0.5) is 5.69 Å². The van der Waals surface area contributed by atoms with E-state index in [2.05, 4.69) is 4.90 Å². The van der Waals surface area contributed by atoms with Gasteiger partial charge < -0.3 is 24.0 Å². The van der Waals surface area contributed by atoms with Gasteiger partial charge in [0, 0.05) is 43.5 Å². The van der Waals surface area contributed by atoms with Crippen LogP contribution < -0.4 is 19.1 Å². The minimum atomic E-state index is -0.0665. The second kappa shape index (κ2) is 8.39. The van der Waals surface area contributed by atoms with Crippen LogP contribution in [0, 0.1) is 0 Å². The smallest absolute Gasteiger partial charge is 0.254 e. The van der Waals surface area contributed by atoms with Gasteiger partial charge in [0.1, 0.15) is 5.75 Å². The second-order valence-electron chi connectivity index (χ2n) is 6.17. The molecule has 0 saturated carbocycles. The summed E-state index contributed by atoms with van der Waals surface area (Å²) < 4.78 is 15.8. The topological polar surface area (TPSA) is 51.2 Å². The molecule has 3 rings (SSSR count). The lowest BCUT2D eigenvalue weighted by Crippen LogP contribution is -2.48. The van der Waals surface area contributed by atoms with E-state index in [0.29, 0.717) is 35.2 Å². The minimum Gasteiger partial charge on any atom is -0.497 e. The number of methoxy groups -OCH3 is 3. The molecular formula is C20H23ClN2O4. The van der Waals surface area contributed by atoms with Gasteiger partial charge in [-0.25, -0.2) is 0 Å². The maximum atomic E-state index is 12.9. The molecule has 6 nitrogen and oxygen atoms in total. The molecule has 27 heavy (non-hydrogen) atoms. The van der Waals surface area contributed by atoms with Gasteiger partial charge in [-0.05, 0) is 24.3 Å². The Kier molecular flexibility index (Phi) is 5.96. The van der Waals surface area contributed by atoms with Crippen LogP contribution in [0.2, 0.25) is 5.02 Å². The highest BCUT2D eigenvalue weighted by Crippen LogP contribution is 2.36. The fourth-order valence-corrected chi connectivity index (χ4v) is 3.49. The molecule has 2 aromatic carbocycles. The average molecular weight is 391 g/mol. The van der Waals surface area contributed by atoms with E-state index in [1.807, 2.05) is 29.2 Å². The van der Waals surface area contributed by atoms with E-state index in [9.17, 15) is 4.79 Å². The first kappa shape index (κ1) is 19.2. The quantitative estimate of drug-likeness (QED) is 0.783. The summed E-state index contributed by atoms with van der Waals surface area (Å²) in [5.74, 6) is 1.64. The Hall–Kier alpha value is -2.60. The van der Waals surface area contributed by atoms with Crippen molar-refractivity contribution in [1.29, 1.82) is 0 Å². The molecule has 7 heteroatoms. The van der Waals surface area contributed by atoms with Gasteiger partial charge >= 0.3 is 0 Å². The van der Waals surface area contributed by atoms with Crippen molar-refractivity contribution in [2.45, 2.75) is 0 Å². The van der Waals surface area contributed by atoms with Gasteiger partial charge in [0.15, 0.2) is 11.5 Å². The highest BCUT2D eigenvalue weighted by molar-refractivity contribution is 6.32. The largest absolute Gasteiger partial charge is 0.497 e. The Balaban J connectivity index is 1.70. The monoisotopic (exact) mass is 390 g/mol. The van der Waals surface area contributed by atoms with Gasteiger partial charge in [-0.1, -0.05) is 17.7 Å². The van der Waals surface area contributed by atoms with E-state index in [4.69, 9.17) is 25.8 Å².